The number of hydrogen-bond acceptors (Lipinski definition) is 5. The first-order chi connectivity index (χ1) is 9.13. The van der Waals surface area contributed by atoms with Gasteiger partial charge in [-0.25, -0.2) is 4.98 Å². The third-order valence-corrected chi connectivity index (χ3v) is 2.55. The molecule has 0 radical (unpaired) electrons. The monoisotopic (exact) mass is 262 g/mol. The van der Waals surface area contributed by atoms with Crippen LogP contribution in [0.2, 0.25) is 0 Å². The molecule has 2 rings (SSSR count). The number of nitrogens with zero attached hydrogens (tertiary/aromatic N) is 3. The molecule has 2 heterocycles. The van der Waals surface area contributed by atoms with Crippen molar-refractivity contribution in [3.63, 3.8) is 0 Å². The lowest BCUT2D eigenvalue weighted by Gasteiger charge is -2.10. The van der Waals surface area contributed by atoms with Gasteiger partial charge in [0.15, 0.2) is 5.75 Å². The van der Waals surface area contributed by atoms with Crippen LogP contribution in [0.4, 0.5) is 10.3 Å². The molecule has 2 aromatic heterocycles. The van der Waals surface area contributed by atoms with Crippen molar-refractivity contribution in [3.05, 3.63) is 35.5 Å². The smallest absolute Gasteiger partial charge is 0.260 e. The van der Waals surface area contributed by atoms with Crippen molar-refractivity contribution in [1.82, 2.24) is 15.0 Å². The molecular formula is C13H15FN4O. The van der Waals surface area contributed by atoms with E-state index in [-0.39, 0.29) is 5.88 Å². The molecule has 5 nitrogen and oxygen atoms in total. The molecule has 0 saturated heterocycles. The largest absolute Gasteiger partial charge is 0.434 e. The summed E-state index contributed by atoms with van der Waals surface area (Å²) in [7, 11) is 1.65. The van der Waals surface area contributed by atoms with Crippen LogP contribution in [-0.2, 0) is 6.42 Å². The zero-order chi connectivity index (χ0) is 13.8. The van der Waals surface area contributed by atoms with Crippen LogP contribution in [0.5, 0.6) is 11.6 Å². The molecule has 0 unspecified atom stereocenters. The molecule has 0 aliphatic carbocycles. The van der Waals surface area contributed by atoms with Crippen LogP contribution < -0.4 is 10.1 Å². The summed E-state index contributed by atoms with van der Waals surface area (Å²) in [4.78, 5) is 12.1. The van der Waals surface area contributed by atoms with Crippen LogP contribution in [0.15, 0.2) is 18.3 Å². The topological polar surface area (TPSA) is 59.9 Å². The van der Waals surface area contributed by atoms with Gasteiger partial charge in [0.05, 0.1) is 11.9 Å². The second kappa shape index (κ2) is 5.60. The number of halogens is 1. The Morgan fingerprint density at radius 2 is 2.11 bits per heavy atom. The summed E-state index contributed by atoms with van der Waals surface area (Å²) in [5, 5.41) is 2.73. The summed E-state index contributed by atoms with van der Waals surface area (Å²) in [6, 6.07) is 3.58. The van der Waals surface area contributed by atoms with Crippen molar-refractivity contribution in [3.8, 4) is 11.6 Å². The molecule has 0 fully saturated rings. The Balaban J connectivity index is 2.35. The predicted octanol–water partition coefficient (Wildman–Crippen LogP) is 2.72. The van der Waals surface area contributed by atoms with E-state index in [1.807, 2.05) is 19.9 Å². The fraction of sp³-hybridized carbons (Fsp3) is 0.308. The summed E-state index contributed by atoms with van der Waals surface area (Å²) in [6.07, 6.45) is 1.77. The Morgan fingerprint density at radius 3 is 2.79 bits per heavy atom. The highest BCUT2D eigenvalue weighted by molar-refractivity contribution is 5.35. The van der Waals surface area contributed by atoms with E-state index in [0.29, 0.717) is 18.1 Å². The minimum absolute atomic E-state index is 0.111. The Kier molecular flexibility index (Phi) is 3.89. The molecule has 0 aromatic carbocycles. The van der Waals surface area contributed by atoms with Gasteiger partial charge in [-0.05, 0) is 25.5 Å². The van der Waals surface area contributed by atoms with E-state index in [0.717, 1.165) is 17.6 Å². The van der Waals surface area contributed by atoms with Gasteiger partial charge in [-0.2, -0.15) is 9.37 Å². The first-order valence-electron chi connectivity index (χ1n) is 5.98. The number of rotatable bonds is 4. The number of ether oxygens (including phenoxy) is 1. The minimum atomic E-state index is -0.610. The van der Waals surface area contributed by atoms with Gasteiger partial charge in [0.25, 0.3) is 5.88 Å². The number of pyridine rings is 1. The maximum absolute atomic E-state index is 13.6. The Hall–Kier alpha value is -2.24. The highest BCUT2D eigenvalue weighted by Gasteiger charge is 2.12. The van der Waals surface area contributed by atoms with E-state index in [1.165, 1.54) is 0 Å². The van der Waals surface area contributed by atoms with Crippen LogP contribution in [-0.4, -0.2) is 22.0 Å². The van der Waals surface area contributed by atoms with Gasteiger partial charge in [-0.3, -0.25) is 4.98 Å². The predicted molar refractivity (Wildman–Crippen MR) is 70.0 cm³/mol. The molecule has 0 aliphatic heterocycles. The average Bonchev–Trinajstić information content (AvgIpc) is 2.43. The summed E-state index contributed by atoms with van der Waals surface area (Å²) in [6.45, 7) is 3.86. The van der Waals surface area contributed by atoms with E-state index >= 15 is 0 Å². The normalized spacial score (nSPS) is 10.3. The van der Waals surface area contributed by atoms with Crippen molar-refractivity contribution in [2.45, 2.75) is 20.3 Å². The number of aryl methyl sites for hydroxylation is 2. The van der Waals surface area contributed by atoms with Crippen LogP contribution >= 0.6 is 0 Å². The average molecular weight is 262 g/mol. The first kappa shape index (κ1) is 13.2. The zero-order valence-electron chi connectivity index (χ0n) is 11.1. The van der Waals surface area contributed by atoms with E-state index in [1.54, 1.807) is 13.1 Å². The SMILES string of the molecule is CCc1nc(C)ccc1Oc1nc(NC)ncc1F. The van der Waals surface area contributed by atoms with Crippen molar-refractivity contribution in [2.24, 2.45) is 0 Å². The zero-order valence-corrected chi connectivity index (χ0v) is 11.1. The second-order valence-electron chi connectivity index (χ2n) is 3.95. The van der Waals surface area contributed by atoms with Gasteiger partial charge in [-0.1, -0.05) is 6.92 Å². The molecule has 1 N–H and O–H groups in total. The van der Waals surface area contributed by atoms with Crippen molar-refractivity contribution < 1.29 is 9.13 Å². The maximum Gasteiger partial charge on any atom is 0.260 e. The number of hydrogen-bond donors (Lipinski definition) is 1. The molecule has 0 spiro atoms. The van der Waals surface area contributed by atoms with Gasteiger partial charge in [-0.15, -0.1) is 0 Å². The molecule has 0 atom stereocenters. The van der Waals surface area contributed by atoms with Crippen molar-refractivity contribution in [1.29, 1.82) is 0 Å². The lowest BCUT2D eigenvalue weighted by Crippen LogP contribution is -2.02. The highest BCUT2D eigenvalue weighted by Crippen LogP contribution is 2.25. The summed E-state index contributed by atoms with van der Waals surface area (Å²) in [5.41, 5.74) is 1.66. The first-order valence-corrected chi connectivity index (χ1v) is 5.98. The molecule has 100 valence electrons. The Morgan fingerprint density at radius 1 is 1.32 bits per heavy atom. The molecule has 6 heteroatoms. The minimum Gasteiger partial charge on any atom is -0.434 e. The number of nitrogens with one attached hydrogen (secondary N) is 1. The summed E-state index contributed by atoms with van der Waals surface area (Å²) in [5.74, 6) is 0.0867. The summed E-state index contributed by atoms with van der Waals surface area (Å²) < 4.78 is 19.1. The lowest BCUT2D eigenvalue weighted by atomic mass is 10.2. The second-order valence-corrected chi connectivity index (χ2v) is 3.95. The lowest BCUT2D eigenvalue weighted by molar-refractivity contribution is 0.414. The quantitative estimate of drug-likeness (QED) is 0.918. The van der Waals surface area contributed by atoms with E-state index in [4.69, 9.17) is 4.74 Å². The van der Waals surface area contributed by atoms with Gasteiger partial charge in [0.2, 0.25) is 11.8 Å². The van der Waals surface area contributed by atoms with Crippen molar-refractivity contribution >= 4 is 5.95 Å². The van der Waals surface area contributed by atoms with Crippen LogP contribution in [0.3, 0.4) is 0 Å². The van der Waals surface area contributed by atoms with Crippen molar-refractivity contribution in [2.75, 3.05) is 12.4 Å². The maximum atomic E-state index is 13.6. The van der Waals surface area contributed by atoms with Crippen LogP contribution in [0, 0.1) is 12.7 Å². The fourth-order valence-corrected chi connectivity index (χ4v) is 1.59. The molecule has 0 saturated carbocycles. The van der Waals surface area contributed by atoms with Crippen LogP contribution in [0.1, 0.15) is 18.3 Å². The van der Waals surface area contributed by atoms with Gasteiger partial charge >= 0.3 is 0 Å². The number of aromatic nitrogens is 3. The Labute approximate surface area is 110 Å². The van der Waals surface area contributed by atoms with Crippen LogP contribution in [0.25, 0.3) is 0 Å². The molecule has 2 aromatic rings. The van der Waals surface area contributed by atoms with Gasteiger partial charge < -0.3 is 10.1 Å². The van der Waals surface area contributed by atoms with Gasteiger partial charge in [0.1, 0.15) is 0 Å². The highest BCUT2D eigenvalue weighted by atomic mass is 19.1. The molecule has 0 amide bonds. The van der Waals surface area contributed by atoms with Gasteiger partial charge in [0, 0.05) is 12.7 Å². The van der Waals surface area contributed by atoms with E-state index in [2.05, 4.69) is 20.3 Å². The fourth-order valence-electron chi connectivity index (χ4n) is 1.59. The Bertz CT molecular complexity index is 589. The number of anilines is 1. The van der Waals surface area contributed by atoms with E-state index in [9.17, 15) is 4.39 Å². The van der Waals surface area contributed by atoms with E-state index < -0.39 is 5.82 Å². The molecule has 0 bridgehead atoms. The molecule has 0 aliphatic rings. The molecule has 19 heavy (non-hydrogen) atoms. The third kappa shape index (κ3) is 2.96. The third-order valence-electron chi connectivity index (χ3n) is 2.55. The molecular weight excluding hydrogens is 247 g/mol. The standard InChI is InChI=1S/C13H15FN4O/c1-4-10-11(6-5-8(2)17-10)19-12-9(14)7-16-13(15-3)18-12/h5-7H,4H2,1-3H3,(H,15,16,18). The summed E-state index contributed by atoms with van der Waals surface area (Å²) >= 11 is 0.